The molecule has 1 saturated heterocycles. The Morgan fingerprint density at radius 1 is 1.45 bits per heavy atom. The van der Waals surface area contributed by atoms with Gasteiger partial charge >= 0.3 is 5.97 Å². The number of carboxylic acid groups (broad SMARTS) is 1. The number of carbonyl (C=O) groups is 1. The fraction of sp³-hybridized carbons (Fsp3) is 0.462. The van der Waals surface area contributed by atoms with E-state index in [1.807, 2.05) is 0 Å². The highest BCUT2D eigenvalue weighted by molar-refractivity contribution is 7.89. The Hall–Kier alpha value is -1.11. The second-order valence-corrected chi connectivity index (χ2v) is 7.44. The van der Waals surface area contributed by atoms with Gasteiger partial charge in [0.2, 0.25) is 10.0 Å². The first-order valence-corrected chi connectivity index (χ1v) is 8.04. The van der Waals surface area contributed by atoms with E-state index < -0.39 is 21.5 Å². The third kappa shape index (κ3) is 2.32. The van der Waals surface area contributed by atoms with Gasteiger partial charge in [-0.1, -0.05) is 17.7 Å². The van der Waals surface area contributed by atoms with Gasteiger partial charge in [0.15, 0.2) is 0 Å². The molecule has 1 aromatic rings. The van der Waals surface area contributed by atoms with Crippen molar-refractivity contribution < 1.29 is 18.3 Å². The maximum Gasteiger partial charge on any atom is 0.324 e. The minimum Gasteiger partial charge on any atom is -0.480 e. The van der Waals surface area contributed by atoms with Crippen LogP contribution in [0, 0.1) is 6.92 Å². The SMILES string of the molecule is Cc1ccc(Cl)cc1S(=O)(=O)N1CCCC1(C)C(=O)O. The number of nitrogens with zero attached hydrogens (tertiary/aromatic N) is 1. The largest absolute Gasteiger partial charge is 0.480 e. The van der Waals surface area contributed by atoms with Crippen LogP contribution < -0.4 is 0 Å². The first-order chi connectivity index (χ1) is 9.19. The Kier molecular flexibility index (Phi) is 3.83. The average Bonchev–Trinajstić information content (AvgIpc) is 2.76. The number of hydrogen-bond donors (Lipinski definition) is 1. The van der Waals surface area contributed by atoms with Crippen LogP contribution in [-0.4, -0.2) is 35.9 Å². The van der Waals surface area contributed by atoms with Crippen LogP contribution in [-0.2, 0) is 14.8 Å². The molecule has 0 spiro atoms. The number of aliphatic carboxylic acids is 1. The van der Waals surface area contributed by atoms with Gasteiger partial charge in [0.25, 0.3) is 0 Å². The Bertz CT molecular complexity index is 658. The van der Waals surface area contributed by atoms with Crippen molar-refractivity contribution in [3.8, 4) is 0 Å². The molecule has 1 aliphatic rings. The lowest BCUT2D eigenvalue weighted by Crippen LogP contribution is -2.50. The summed E-state index contributed by atoms with van der Waals surface area (Å²) in [6, 6.07) is 4.59. The molecule has 0 saturated carbocycles. The van der Waals surface area contributed by atoms with Crippen LogP contribution in [0.4, 0.5) is 0 Å². The average molecular weight is 318 g/mol. The summed E-state index contributed by atoms with van der Waals surface area (Å²) in [4.78, 5) is 11.5. The van der Waals surface area contributed by atoms with Crippen LogP contribution >= 0.6 is 11.6 Å². The topological polar surface area (TPSA) is 74.7 Å². The van der Waals surface area contributed by atoms with Crippen LogP contribution in [0.25, 0.3) is 0 Å². The molecule has 0 bridgehead atoms. The van der Waals surface area contributed by atoms with E-state index in [1.165, 1.54) is 13.0 Å². The van der Waals surface area contributed by atoms with E-state index in [0.29, 0.717) is 23.4 Å². The predicted octanol–water partition coefficient (Wildman–Crippen LogP) is 2.28. The first kappa shape index (κ1) is 15.3. The molecular formula is C13H16ClNO4S. The van der Waals surface area contributed by atoms with Crippen LogP contribution in [0.3, 0.4) is 0 Å². The lowest BCUT2D eigenvalue weighted by molar-refractivity contribution is -0.146. The molecule has 1 atom stereocenters. The van der Waals surface area contributed by atoms with Gasteiger partial charge in [0.1, 0.15) is 5.54 Å². The highest BCUT2D eigenvalue weighted by Crippen LogP contribution is 2.36. The highest BCUT2D eigenvalue weighted by Gasteiger charge is 2.50. The number of hydrogen-bond acceptors (Lipinski definition) is 3. The maximum atomic E-state index is 12.7. The first-order valence-electron chi connectivity index (χ1n) is 6.22. The van der Waals surface area contributed by atoms with Crippen molar-refractivity contribution in [3.05, 3.63) is 28.8 Å². The normalized spacial score (nSPS) is 23.9. The molecule has 0 radical (unpaired) electrons. The second kappa shape index (κ2) is 5.02. The number of sulfonamides is 1. The lowest BCUT2D eigenvalue weighted by atomic mass is 10.0. The van der Waals surface area contributed by atoms with Crippen molar-refractivity contribution in [2.75, 3.05) is 6.54 Å². The van der Waals surface area contributed by atoms with Crippen molar-refractivity contribution in [2.45, 2.75) is 37.1 Å². The van der Waals surface area contributed by atoms with Crippen LogP contribution in [0.5, 0.6) is 0 Å². The molecule has 0 aliphatic carbocycles. The van der Waals surface area contributed by atoms with Crippen LogP contribution in [0.1, 0.15) is 25.3 Å². The van der Waals surface area contributed by atoms with E-state index in [2.05, 4.69) is 0 Å². The number of benzene rings is 1. The molecule has 110 valence electrons. The lowest BCUT2D eigenvalue weighted by Gasteiger charge is -2.30. The summed E-state index contributed by atoms with van der Waals surface area (Å²) in [6.45, 7) is 3.31. The standard InChI is InChI=1S/C13H16ClNO4S/c1-9-4-5-10(14)8-11(9)20(18,19)15-7-3-6-13(15,2)12(16)17/h4-5,8H,3,6-7H2,1-2H3,(H,16,17). The van der Waals surface area contributed by atoms with E-state index >= 15 is 0 Å². The third-order valence-corrected chi connectivity index (χ3v) is 6.15. The zero-order valence-electron chi connectivity index (χ0n) is 11.3. The summed E-state index contributed by atoms with van der Waals surface area (Å²) in [5, 5.41) is 9.66. The van der Waals surface area contributed by atoms with Gasteiger partial charge in [-0.05, 0) is 44.4 Å². The summed E-state index contributed by atoms with van der Waals surface area (Å²) in [5.41, 5.74) is -0.845. The Morgan fingerprint density at radius 3 is 2.70 bits per heavy atom. The smallest absolute Gasteiger partial charge is 0.324 e. The van der Waals surface area contributed by atoms with Crippen molar-refractivity contribution in [1.29, 1.82) is 0 Å². The van der Waals surface area contributed by atoms with Gasteiger partial charge in [-0.3, -0.25) is 4.79 Å². The van der Waals surface area contributed by atoms with Gasteiger partial charge in [-0.15, -0.1) is 0 Å². The molecule has 1 N–H and O–H groups in total. The molecule has 1 aliphatic heterocycles. The minimum absolute atomic E-state index is 0.0689. The molecule has 0 aromatic heterocycles. The summed E-state index contributed by atoms with van der Waals surface area (Å²) in [6.07, 6.45) is 0.836. The summed E-state index contributed by atoms with van der Waals surface area (Å²) >= 11 is 5.86. The van der Waals surface area contributed by atoms with E-state index in [-0.39, 0.29) is 11.4 Å². The van der Waals surface area contributed by atoms with Gasteiger partial charge < -0.3 is 5.11 Å². The van der Waals surface area contributed by atoms with Crippen LogP contribution in [0.15, 0.2) is 23.1 Å². The number of halogens is 1. The molecule has 1 fully saturated rings. The number of carboxylic acids is 1. The fourth-order valence-corrected chi connectivity index (χ4v) is 4.80. The van der Waals surface area contributed by atoms with Gasteiger partial charge in [0, 0.05) is 11.6 Å². The zero-order valence-corrected chi connectivity index (χ0v) is 12.8. The molecular weight excluding hydrogens is 302 g/mol. The van der Waals surface area contributed by atoms with Gasteiger partial charge in [-0.2, -0.15) is 4.31 Å². The van der Waals surface area contributed by atoms with Crippen molar-refractivity contribution >= 4 is 27.6 Å². The number of rotatable bonds is 3. The van der Waals surface area contributed by atoms with E-state index in [9.17, 15) is 18.3 Å². The van der Waals surface area contributed by atoms with E-state index in [0.717, 1.165) is 4.31 Å². The maximum absolute atomic E-state index is 12.7. The Morgan fingerprint density at radius 2 is 2.10 bits per heavy atom. The molecule has 0 amide bonds. The fourth-order valence-electron chi connectivity index (χ4n) is 2.51. The highest BCUT2D eigenvalue weighted by atomic mass is 35.5. The Labute approximate surface area is 123 Å². The predicted molar refractivity (Wildman–Crippen MR) is 75.4 cm³/mol. The molecule has 1 heterocycles. The second-order valence-electron chi connectivity index (χ2n) is 5.17. The number of aryl methyl sites for hydroxylation is 1. The summed E-state index contributed by atoms with van der Waals surface area (Å²) in [5.74, 6) is -1.13. The summed E-state index contributed by atoms with van der Waals surface area (Å²) in [7, 11) is -3.88. The summed E-state index contributed by atoms with van der Waals surface area (Å²) < 4.78 is 26.5. The molecule has 1 unspecified atom stereocenters. The zero-order chi connectivity index (χ0) is 15.1. The van der Waals surface area contributed by atoms with Gasteiger partial charge in [-0.25, -0.2) is 8.42 Å². The quantitative estimate of drug-likeness (QED) is 0.928. The molecule has 5 nitrogen and oxygen atoms in total. The van der Waals surface area contributed by atoms with Crippen LogP contribution in [0.2, 0.25) is 5.02 Å². The van der Waals surface area contributed by atoms with E-state index in [1.54, 1.807) is 19.1 Å². The third-order valence-electron chi connectivity index (χ3n) is 3.75. The van der Waals surface area contributed by atoms with Crippen molar-refractivity contribution in [3.63, 3.8) is 0 Å². The van der Waals surface area contributed by atoms with Crippen molar-refractivity contribution in [2.24, 2.45) is 0 Å². The van der Waals surface area contributed by atoms with E-state index in [4.69, 9.17) is 11.6 Å². The van der Waals surface area contributed by atoms with Gasteiger partial charge in [0.05, 0.1) is 4.90 Å². The molecule has 20 heavy (non-hydrogen) atoms. The van der Waals surface area contributed by atoms with Crippen molar-refractivity contribution in [1.82, 2.24) is 4.31 Å². The molecule has 1 aromatic carbocycles. The Balaban J connectivity index is 2.55. The minimum atomic E-state index is -3.88. The monoisotopic (exact) mass is 317 g/mol. The molecule has 7 heteroatoms. The molecule has 2 rings (SSSR count).